The SMILES string of the molecule is Cc1ccc(F)cc1-c1nc(C)c(CC(=O)O)c(=O)[nH]1. The van der Waals surface area contributed by atoms with Gasteiger partial charge < -0.3 is 10.1 Å². The summed E-state index contributed by atoms with van der Waals surface area (Å²) in [6.07, 6.45) is -0.392. The normalized spacial score (nSPS) is 10.6. The second-order valence-corrected chi connectivity index (χ2v) is 4.51. The van der Waals surface area contributed by atoms with Crippen LogP contribution in [0, 0.1) is 19.7 Å². The van der Waals surface area contributed by atoms with Crippen LogP contribution in [0.25, 0.3) is 11.4 Å². The summed E-state index contributed by atoms with van der Waals surface area (Å²) < 4.78 is 13.3. The van der Waals surface area contributed by atoms with E-state index in [1.54, 1.807) is 19.9 Å². The van der Waals surface area contributed by atoms with Crippen LogP contribution >= 0.6 is 0 Å². The lowest BCUT2D eigenvalue weighted by atomic mass is 10.1. The molecule has 5 nitrogen and oxygen atoms in total. The highest BCUT2D eigenvalue weighted by molar-refractivity contribution is 5.70. The maximum Gasteiger partial charge on any atom is 0.308 e. The molecule has 0 amide bonds. The van der Waals surface area contributed by atoms with Crippen molar-refractivity contribution in [3.63, 3.8) is 0 Å². The minimum absolute atomic E-state index is 0.107. The van der Waals surface area contributed by atoms with Gasteiger partial charge in [-0.1, -0.05) is 6.07 Å². The predicted molar refractivity (Wildman–Crippen MR) is 71.1 cm³/mol. The second-order valence-electron chi connectivity index (χ2n) is 4.51. The molecule has 1 heterocycles. The van der Waals surface area contributed by atoms with Crippen LogP contribution in [0.15, 0.2) is 23.0 Å². The number of carbonyl (C=O) groups is 1. The van der Waals surface area contributed by atoms with Gasteiger partial charge in [-0.2, -0.15) is 0 Å². The summed E-state index contributed by atoms with van der Waals surface area (Å²) in [6.45, 7) is 3.33. The van der Waals surface area contributed by atoms with Crippen molar-refractivity contribution in [1.82, 2.24) is 9.97 Å². The van der Waals surface area contributed by atoms with E-state index in [4.69, 9.17) is 5.11 Å². The van der Waals surface area contributed by atoms with Crippen molar-refractivity contribution < 1.29 is 14.3 Å². The van der Waals surface area contributed by atoms with Crippen molar-refractivity contribution in [3.05, 3.63) is 51.2 Å². The molecule has 0 saturated heterocycles. The smallest absolute Gasteiger partial charge is 0.308 e. The summed E-state index contributed by atoms with van der Waals surface area (Å²) in [6, 6.07) is 4.19. The minimum Gasteiger partial charge on any atom is -0.481 e. The van der Waals surface area contributed by atoms with Gasteiger partial charge in [-0.05, 0) is 31.5 Å². The largest absolute Gasteiger partial charge is 0.481 e. The van der Waals surface area contributed by atoms with Crippen LogP contribution in [-0.4, -0.2) is 21.0 Å². The Kier molecular flexibility index (Phi) is 3.65. The molecule has 2 N–H and O–H groups in total. The fraction of sp³-hybridized carbons (Fsp3) is 0.214. The van der Waals surface area contributed by atoms with E-state index in [1.807, 2.05) is 0 Å². The molecule has 0 fully saturated rings. The summed E-state index contributed by atoms with van der Waals surface area (Å²) >= 11 is 0. The number of carboxylic acid groups (broad SMARTS) is 1. The Balaban J connectivity index is 2.58. The zero-order valence-electron chi connectivity index (χ0n) is 11.0. The maximum atomic E-state index is 13.3. The lowest BCUT2D eigenvalue weighted by Crippen LogP contribution is -2.20. The Morgan fingerprint density at radius 2 is 2.10 bits per heavy atom. The van der Waals surface area contributed by atoms with Gasteiger partial charge >= 0.3 is 5.97 Å². The number of aromatic nitrogens is 2. The molecule has 0 aliphatic rings. The van der Waals surface area contributed by atoms with E-state index in [0.717, 1.165) is 5.56 Å². The molecular formula is C14H13FN2O3. The van der Waals surface area contributed by atoms with E-state index < -0.39 is 23.8 Å². The number of H-pyrrole nitrogens is 1. The monoisotopic (exact) mass is 276 g/mol. The third-order valence-electron chi connectivity index (χ3n) is 3.01. The number of aliphatic carboxylic acids is 1. The second kappa shape index (κ2) is 5.24. The molecule has 0 aliphatic carbocycles. The molecule has 0 radical (unpaired) electrons. The summed E-state index contributed by atoms with van der Waals surface area (Å²) in [7, 11) is 0. The van der Waals surface area contributed by atoms with Crippen LogP contribution in [0.3, 0.4) is 0 Å². The molecule has 2 rings (SSSR count). The first kappa shape index (κ1) is 13.9. The number of aryl methyl sites for hydroxylation is 2. The molecule has 0 unspecified atom stereocenters. The molecule has 0 spiro atoms. The molecular weight excluding hydrogens is 263 g/mol. The van der Waals surface area contributed by atoms with Gasteiger partial charge in [0, 0.05) is 16.8 Å². The quantitative estimate of drug-likeness (QED) is 0.895. The van der Waals surface area contributed by atoms with Crippen molar-refractivity contribution in [1.29, 1.82) is 0 Å². The average Bonchev–Trinajstić information content (AvgIpc) is 2.36. The fourth-order valence-corrected chi connectivity index (χ4v) is 1.95. The third-order valence-corrected chi connectivity index (χ3v) is 3.01. The van der Waals surface area contributed by atoms with Crippen LogP contribution in [-0.2, 0) is 11.2 Å². The highest BCUT2D eigenvalue weighted by Gasteiger charge is 2.14. The van der Waals surface area contributed by atoms with Crippen molar-refractivity contribution in [2.24, 2.45) is 0 Å². The van der Waals surface area contributed by atoms with Crippen LogP contribution < -0.4 is 5.56 Å². The number of carboxylic acids is 1. The molecule has 0 atom stereocenters. The molecule has 0 aliphatic heterocycles. The van der Waals surface area contributed by atoms with E-state index in [2.05, 4.69) is 9.97 Å². The number of halogens is 1. The van der Waals surface area contributed by atoms with Gasteiger partial charge in [0.05, 0.1) is 6.42 Å². The summed E-state index contributed by atoms with van der Waals surface area (Å²) in [5.74, 6) is -1.30. The predicted octanol–water partition coefficient (Wildman–Crippen LogP) is 1.82. The molecule has 2 aromatic rings. The minimum atomic E-state index is -1.10. The standard InChI is InChI=1S/C14H13FN2O3/c1-7-3-4-9(15)5-10(7)13-16-8(2)11(6-12(18)19)14(20)17-13/h3-5H,6H2,1-2H3,(H,18,19)(H,16,17,20). The number of aromatic amines is 1. The van der Waals surface area contributed by atoms with Gasteiger partial charge in [0.1, 0.15) is 11.6 Å². The number of hydrogen-bond acceptors (Lipinski definition) is 3. The number of hydrogen-bond donors (Lipinski definition) is 2. The van der Waals surface area contributed by atoms with E-state index in [0.29, 0.717) is 11.3 Å². The summed E-state index contributed by atoms with van der Waals surface area (Å²) in [5.41, 5.74) is 1.16. The van der Waals surface area contributed by atoms with Gasteiger partial charge in [-0.25, -0.2) is 9.37 Å². The highest BCUT2D eigenvalue weighted by atomic mass is 19.1. The summed E-state index contributed by atoms with van der Waals surface area (Å²) in [5, 5.41) is 8.75. The summed E-state index contributed by atoms with van der Waals surface area (Å²) in [4.78, 5) is 29.3. The van der Waals surface area contributed by atoms with E-state index in [-0.39, 0.29) is 11.4 Å². The van der Waals surface area contributed by atoms with Crippen molar-refractivity contribution in [2.45, 2.75) is 20.3 Å². The number of benzene rings is 1. The molecule has 1 aromatic heterocycles. The van der Waals surface area contributed by atoms with Crippen LogP contribution in [0.2, 0.25) is 0 Å². The number of nitrogens with one attached hydrogen (secondary N) is 1. The Labute approximate surface area is 114 Å². The first-order chi connectivity index (χ1) is 9.38. The van der Waals surface area contributed by atoms with Gasteiger partial charge in [-0.15, -0.1) is 0 Å². The lowest BCUT2D eigenvalue weighted by Gasteiger charge is -2.08. The zero-order chi connectivity index (χ0) is 14.9. The molecule has 20 heavy (non-hydrogen) atoms. The van der Waals surface area contributed by atoms with Crippen molar-refractivity contribution >= 4 is 5.97 Å². The van der Waals surface area contributed by atoms with Crippen molar-refractivity contribution in [3.8, 4) is 11.4 Å². The van der Waals surface area contributed by atoms with E-state index in [9.17, 15) is 14.0 Å². The zero-order valence-corrected chi connectivity index (χ0v) is 11.0. The highest BCUT2D eigenvalue weighted by Crippen LogP contribution is 2.20. The van der Waals surface area contributed by atoms with E-state index >= 15 is 0 Å². The Bertz CT molecular complexity index is 738. The molecule has 0 bridgehead atoms. The Morgan fingerprint density at radius 1 is 1.40 bits per heavy atom. The lowest BCUT2D eigenvalue weighted by molar-refractivity contribution is -0.136. The number of nitrogens with zero attached hydrogens (tertiary/aromatic N) is 1. The van der Waals surface area contributed by atoms with Crippen LogP contribution in [0.4, 0.5) is 4.39 Å². The van der Waals surface area contributed by atoms with Crippen molar-refractivity contribution in [2.75, 3.05) is 0 Å². The third kappa shape index (κ3) is 2.74. The van der Waals surface area contributed by atoms with Gasteiger partial charge in [0.25, 0.3) is 5.56 Å². The Morgan fingerprint density at radius 3 is 2.70 bits per heavy atom. The first-order valence-electron chi connectivity index (χ1n) is 5.96. The van der Waals surface area contributed by atoms with Gasteiger partial charge in [0.2, 0.25) is 0 Å². The van der Waals surface area contributed by atoms with Crippen LogP contribution in [0.5, 0.6) is 0 Å². The topological polar surface area (TPSA) is 83.0 Å². The van der Waals surface area contributed by atoms with Gasteiger partial charge in [-0.3, -0.25) is 9.59 Å². The maximum absolute atomic E-state index is 13.3. The fourth-order valence-electron chi connectivity index (χ4n) is 1.95. The molecule has 104 valence electrons. The van der Waals surface area contributed by atoms with Gasteiger partial charge in [0.15, 0.2) is 0 Å². The average molecular weight is 276 g/mol. The Hall–Kier alpha value is -2.50. The number of rotatable bonds is 3. The molecule has 6 heteroatoms. The molecule has 1 aromatic carbocycles. The van der Waals surface area contributed by atoms with E-state index in [1.165, 1.54) is 12.1 Å². The van der Waals surface area contributed by atoms with Crippen LogP contribution in [0.1, 0.15) is 16.8 Å². The first-order valence-corrected chi connectivity index (χ1v) is 5.96. The molecule has 0 saturated carbocycles.